The maximum Gasteiger partial charge on any atom is 0.352 e. The Morgan fingerprint density at radius 3 is 2.95 bits per heavy atom. The number of halogens is 2. The molecule has 0 atom stereocenters. The Hall–Kier alpha value is -1.96. The monoisotopic (exact) mass is 302 g/mol. The second-order valence-corrected chi connectivity index (χ2v) is 5.12. The maximum absolute atomic E-state index is 12.6. The molecule has 108 valence electrons. The average Bonchev–Trinajstić information content (AvgIpc) is 3.01. The Bertz CT molecular complexity index is 610. The Morgan fingerprint density at radius 1 is 1.55 bits per heavy atom. The third kappa shape index (κ3) is 2.96. The van der Waals surface area contributed by atoms with E-state index in [1.807, 2.05) is 6.92 Å². The molecule has 0 unspecified atom stereocenters. The van der Waals surface area contributed by atoms with Gasteiger partial charge in [0.15, 0.2) is 10.7 Å². The van der Waals surface area contributed by atoms with E-state index in [2.05, 4.69) is 4.98 Å². The number of esters is 1. The first-order chi connectivity index (χ1) is 9.52. The fourth-order valence-electron chi connectivity index (χ4n) is 1.61. The van der Waals surface area contributed by atoms with Gasteiger partial charge in [0.25, 0.3) is 0 Å². The summed E-state index contributed by atoms with van der Waals surface area (Å²) in [6, 6.07) is 1.71. The number of hydrogen-bond donors (Lipinski definition) is 0. The van der Waals surface area contributed by atoms with E-state index in [1.54, 1.807) is 6.07 Å². The first-order valence-electron chi connectivity index (χ1n) is 5.64. The summed E-state index contributed by atoms with van der Waals surface area (Å²) in [6.07, 6.45) is 2.36. The van der Waals surface area contributed by atoms with Crippen LogP contribution in [0.1, 0.15) is 26.9 Å². The minimum absolute atomic E-state index is 0.0133. The molecule has 0 aliphatic rings. The van der Waals surface area contributed by atoms with Crippen molar-refractivity contribution in [3.63, 3.8) is 0 Å². The molecule has 0 saturated heterocycles. The zero-order chi connectivity index (χ0) is 14.7. The number of rotatable bonds is 5. The number of carbonyl (C=O) groups is 1. The molecule has 0 saturated carbocycles. The minimum atomic E-state index is -2.72. The van der Waals surface area contributed by atoms with Crippen molar-refractivity contribution in [1.82, 2.24) is 9.55 Å². The van der Waals surface area contributed by atoms with Crippen LogP contribution in [0.2, 0.25) is 0 Å². The molecule has 2 rings (SSSR count). The Kier molecular flexibility index (Phi) is 4.33. The molecule has 20 heavy (non-hydrogen) atoms. The standard InChI is InChI=1S/C12H12F2N2O3S/c1-7-5-8(18-2)10(20-7)11(17)19-6-9-15-3-4-16(9)12(13)14/h3-5,12H,6H2,1-2H3. The van der Waals surface area contributed by atoms with E-state index in [0.29, 0.717) is 15.2 Å². The molecule has 0 N–H and O–H groups in total. The molecule has 2 aromatic rings. The highest BCUT2D eigenvalue weighted by molar-refractivity contribution is 7.14. The summed E-state index contributed by atoms with van der Waals surface area (Å²) in [6.45, 7) is -1.21. The lowest BCUT2D eigenvalue weighted by molar-refractivity contribution is 0.0378. The summed E-state index contributed by atoms with van der Waals surface area (Å²) >= 11 is 1.22. The van der Waals surface area contributed by atoms with Gasteiger partial charge in [-0.3, -0.25) is 4.57 Å². The highest BCUT2D eigenvalue weighted by Crippen LogP contribution is 2.29. The Balaban J connectivity index is 2.07. The zero-order valence-electron chi connectivity index (χ0n) is 10.8. The predicted molar refractivity (Wildman–Crippen MR) is 68.2 cm³/mol. The summed E-state index contributed by atoms with van der Waals surface area (Å²) in [5.41, 5.74) is 0. The van der Waals surface area contributed by atoms with Gasteiger partial charge in [-0.25, -0.2) is 9.78 Å². The summed E-state index contributed by atoms with van der Waals surface area (Å²) in [7, 11) is 1.45. The maximum atomic E-state index is 12.6. The van der Waals surface area contributed by atoms with Crippen LogP contribution in [0.3, 0.4) is 0 Å². The van der Waals surface area contributed by atoms with Crippen molar-refractivity contribution in [2.24, 2.45) is 0 Å². The van der Waals surface area contributed by atoms with Crippen molar-refractivity contribution in [2.75, 3.05) is 7.11 Å². The summed E-state index contributed by atoms with van der Waals surface area (Å²) in [5, 5.41) is 0. The third-order valence-electron chi connectivity index (χ3n) is 2.52. The third-order valence-corrected chi connectivity index (χ3v) is 3.53. The predicted octanol–water partition coefficient (Wildman–Crippen LogP) is 3.01. The number of methoxy groups -OCH3 is 1. The van der Waals surface area contributed by atoms with Gasteiger partial charge in [-0.15, -0.1) is 11.3 Å². The highest BCUT2D eigenvalue weighted by Gasteiger charge is 2.19. The molecule has 2 heterocycles. The van der Waals surface area contributed by atoms with E-state index >= 15 is 0 Å². The van der Waals surface area contributed by atoms with Crippen molar-refractivity contribution < 1.29 is 23.0 Å². The van der Waals surface area contributed by atoms with Crippen molar-refractivity contribution in [3.05, 3.63) is 34.0 Å². The molecule has 0 spiro atoms. The van der Waals surface area contributed by atoms with Crippen LogP contribution >= 0.6 is 11.3 Å². The van der Waals surface area contributed by atoms with Crippen molar-refractivity contribution in [2.45, 2.75) is 20.1 Å². The SMILES string of the molecule is COc1cc(C)sc1C(=O)OCc1nccn1C(F)F. The number of carbonyl (C=O) groups excluding carboxylic acids is 1. The highest BCUT2D eigenvalue weighted by atomic mass is 32.1. The number of alkyl halides is 2. The van der Waals surface area contributed by atoms with Crippen molar-refractivity contribution in [1.29, 1.82) is 0 Å². The molecular weight excluding hydrogens is 290 g/mol. The van der Waals surface area contributed by atoms with Gasteiger partial charge in [0.1, 0.15) is 12.4 Å². The summed E-state index contributed by atoms with van der Waals surface area (Å²) in [4.78, 5) is 16.8. The van der Waals surface area contributed by atoms with Crippen LogP contribution in [0.5, 0.6) is 5.75 Å². The molecule has 5 nitrogen and oxygen atoms in total. The minimum Gasteiger partial charge on any atom is -0.495 e. The van der Waals surface area contributed by atoms with E-state index < -0.39 is 12.5 Å². The van der Waals surface area contributed by atoms with E-state index in [9.17, 15) is 13.6 Å². The molecule has 2 aromatic heterocycles. The van der Waals surface area contributed by atoms with Gasteiger partial charge in [0.2, 0.25) is 0 Å². The van der Waals surface area contributed by atoms with Gasteiger partial charge in [-0.1, -0.05) is 0 Å². The van der Waals surface area contributed by atoms with Crippen LogP contribution in [0.15, 0.2) is 18.5 Å². The van der Waals surface area contributed by atoms with Crippen molar-refractivity contribution in [3.8, 4) is 5.75 Å². The van der Waals surface area contributed by atoms with Crippen LogP contribution in [0.4, 0.5) is 8.78 Å². The first kappa shape index (κ1) is 14.4. The molecule has 0 amide bonds. The van der Waals surface area contributed by atoms with Gasteiger partial charge in [-0.05, 0) is 13.0 Å². The van der Waals surface area contributed by atoms with Gasteiger partial charge >= 0.3 is 12.5 Å². The molecule has 8 heteroatoms. The summed E-state index contributed by atoms with van der Waals surface area (Å²) in [5.74, 6) is -0.223. The second-order valence-electron chi connectivity index (χ2n) is 3.86. The number of thiophene rings is 1. The Labute approximate surface area is 117 Å². The van der Waals surface area contributed by atoms with Crippen LogP contribution in [0.25, 0.3) is 0 Å². The van der Waals surface area contributed by atoms with E-state index in [-0.39, 0.29) is 12.4 Å². The number of imidazole rings is 1. The normalized spacial score (nSPS) is 10.8. The lowest BCUT2D eigenvalue weighted by atomic mass is 10.4. The summed E-state index contributed by atoms with van der Waals surface area (Å²) < 4.78 is 35.9. The van der Waals surface area contributed by atoms with Crippen LogP contribution in [0, 0.1) is 6.92 Å². The number of aromatic nitrogens is 2. The number of ether oxygens (including phenoxy) is 2. The topological polar surface area (TPSA) is 53.4 Å². The Morgan fingerprint density at radius 2 is 2.30 bits per heavy atom. The average molecular weight is 302 g/mol. The molecule has 0 aliphatic heterocycles. The lowest BCUT2D eigenvalue weighted by Gasteiger charge is -2.07. The zero-order valence-corrected chi connectivity index (χ0v) is 11.6. The van der Waals surface area contributed by atoms with Gasteiger partial charge in [-0.2, -0.15) is 8.78 Å². The number of hydrogen-bond acceptors (Lipinski definition) is 5. The van der Waals surface area contributed by atoms with Crippen molar-refractivity contribution >= 4 is 17.3 Å². The first-order valence-corrected chi connectivity index (χ1v) is 6.46. The quantitative estimate of drug-likeness (QED) is 0.797. The van der Waals surface area contributed by atoms with Crippen LogP contribution in [-0.2, 0) is 11.3 Å². The fraction of sp³-hybridized carbons (Fsp3) is 0.333. The molecule has 0 fully saturated rings. The fourth-order valence-corrected chi connectivity index (χ4v) is 2.49. The van der Waals surface area contributed by atoms with E-state index in [4.69, 9.17) is 9.47 Å². The molecule has 0 aromatic carbocycles. The smallest absolute Gasteiger partial charge is 0.352 e. The number of nitrogens with zero attached hydrogens (tertiary/aromatic N) is 2. The van der Waals surface area contributed by atoms with Gasteiger partial charge in [0.05, 0.1) is 7.11 Å². The van der Waals surface area contributed by atoms with Crippen LogP contribution < -0.4 is 4.74 Å². The van der Waals surface area contributed by atoms with Gasteiger partial charge < -0.3 is 9.47 Å². The van der Waals surface area contributed by atoms with Gasteiger partial charge in [0, 0.05) is 17.3 Å². The molecule has 0 radical (unpaired) electrons. The molecule has 0 aliphatic carbocycles. The van der Waals surface area contributed by atoms with E-state index in [1.165, 1.54) is 24.6 Å². The molecule has 0 bridgehead atoms. The largest absolute Gasteiger partial charge is 0.495 e. The number of aryl methyl sites for hydroxylation is 1. The molecular formula is C12H12F2N2O3S. The van der Waals surface area contributed by atoms with Crippen LogP contribution in [-0.4, -0.2) is 22.6 Å². The lowest BCUT2D eigenvalue weighted by Crippen LogP contribution is -2.10. The van der Waals surface area contributed by atoms with E-state index in [0.717, 1.165) is 11.1 Å². The second kappa shape index (κ2) is 6.00.